The number of aryl methyl sites for hydroxylation is 2. The normalized spacial score (nSPS) is 19.9. The Hall–Kier alpha value is -6.71. The van der Waals surface area contributed by atoms with Gasteiger partial charge < -0.3 is 50.4 Å². The molecule has 83 heavy (non-hydrogen) atoms. The number of urea groups is 2. The molecule has 6 aromatic rings. The van der Waals surface area contributed by atoms with Gasteiger partial charge >= 0.3 is 12.1 Å². The smallest absolute Gasteiger partial charge is 0.318 e. The van der Waals surface area contributed by atoms with E-state index in [1.807, 2.05) is 70.7 Å². The van der Waals surface area contributed by atoms with Crippen LogP contribution in [0.2, 0.25) is 5.28 Å². The molecule has 2 aromatic carbocycles. The molecule has 4 aliphatic heterocycles. The van der Waals surface area contributed by atoms with Crippen molar-refractivity contribution in [1.29, 1.82) is 0 Å². The zero-order valence-electron chi connectivity index (χ0n) is 49.1. The largest absolute Gasteiger partial charge is 0.396 e. The third-order valence-electron chi connectivity index (χ3n) is 15.8. The molecule has 12 rings (SSSR count). The van der Waals surface area contributed by atoms with Gasteiger partial charge in [-0.05, 0) is 164 Å². The van der Waals surface area contributed by atoms with E-state index < -0.39 is 0 Å². The Morgan fingerprint density at radius 2 is 1.10 bits per heavy atom. The highest BCUT2D eigenvalue weighted by molar-refractivity contribution is 6.28. The number of likely N-dealkylation sites (tertiary alicyclic amines) is 2. The minimum Gasteiger partial charge on any atom is -0.396 e. The van der Waals surface area contributed by atoms with Crippen LogP contribution in [0.25, 0.3) is 22.5 Å². The summed E-state index contributed by atoms with van der Waals surface area (Å²) in [5.74, 6) is 0.539. The summed E-state index contributed by atoms with van der Waals surface area (Å²) in [4.78, 5) is 47.0. The van der Waals surface area contributed by atoms with E-state index in [1.165, 1.54) is 22.3 Å². The molecule has 6 aliphatic rings. The number of carbonyl (C=O) groups is 2. The number of amides is 4. The number of hydrogen-bond donors (Lipinski definition) is 4. The number of nitrogens with one attached hydrogen (secondary N) is 3. The number of anilines is 3. The molecule has 4 fully saturated rings. The summed E-state index contributed by atoms with van der Waals surface area (Å²) in [6.45, 7) is 18.1. The maximum absolute atomic E-state index is 13.0. The van der Waals surface area contributed by atoms with Crippen LogP contribution in [0.5, 0.6) is 0 Å². The lowest BCUT2D eigenvalue weighted by Gasteiger charge is -2.42. The van der Waals surface area contributed by atoms with Gasteiger partial charge in [-0.2, -0.15) is 10.2 Å². The van der Waals surface area contributed by atoms with Gasteiger partial charge in [-0.1, -0.05) is 37.1 Å². The van der Waals surface area contributed by atoms with Gasteiger partial charge in [0.1, 0.15) is 0 Å². The fourth-order valence-corrected chi connectivity index (χ4v) is 11.8. The number of aromatic nitrogens is 8. The lowest BCUT2D eigenvalue weighted by Crippen LogP contribution is -2.59. The lowest BCUT2D eigenvalue weighted by atomic mass is 9.95. The summed E-state index contributed by atoms with van der Waals surface area (Å²) < 4.78 is 26.6. The summed E-state index contributed by atoms with van der Waals surface area (Å²) in [5.41, 5.74) is 15.5. The van der Waals surface area contributed by atoms with Crippen LogP contribution < -0.4 is 21.7 Å². The molecular weight excluding hydrogens is 1070 g/mol. The summed E-state index contributed by atoms with van der Waals surface area (Å²) in [7, 11) is 0. The monoisotopic (exact) mass is 1150 g/mol. The van der Waals surface area contributed by atoms with E-state index in [1.54, 1.807) is 18.6 Å². The van der Waals surface area contributed by atoms with Crippen molar-refractivity contribution in [2.45, 2.75) is 166 Å². The average Bonchev–Trinajstić information content (AvgIpc) is 4.18. The quantitative estimate of drug-likeness (QED) is 0.0739. The van der Waals surface area contributed by atoms with Crippen molar-refractivity contribution in [3.05, 3.63) is 113 Å². The van der Waals surface area contributed by atoms with E-state index in [2.05, 4.69) is 98.3 Å². The second kappa shape index (κ2) is 26.9. The van der Waals surface area contributed by atoms with Gasteiger partial charge in [-0.25, -0.2) is 29.5 Å². The number of benzene rings is 2. The van der Waals surface area contributed by atoms with Crippen LogP contribution in [0.1, 0.15) is 152 Å². The molecular formula is C62H83ClN14O6. The van der Waals surface area contributed by atoms with Crippen molar-refractivity contribution in [3.63, 3.8) is 0 Å². The molecule has 444 valence electrons. The summed E-state index contributed by atoms with van der Waals surface area (Å²) >= 11 is 5.96. The third kappa shape index (κ3) is 16.3. The van der Waals surface area contributed by atoms with Crippen LogP contribution in [0, 0.1) is 0 Å². The van der Waals surface area contributed by atoms with E-state index >= 15 is 0 Å². The number of hydrogen-bond acceptors (Lipinski definition) is 14. The van der Waals surface area contributed by atoms with Gasteiger partial charge in [-0.3, -0.25) is 9.36 Å². The SMILES string of the molecule is CC(C)(C)OC1CN(C(=O)NC2CCCCc3cc(-c4ccnc(Cl)n4)ccc32)C1.CC(C)(C)OC1CN(C(=O)NC2CCCCc3cc(-c4ccnc(Nc5cnn(C6CCOCC6)c5)n4)ccc32)C1.Nc1cnn(C2CCOCC2)c1. The third-order valence-corrected chi connectivity index (χ3v) is 16.0. The Labute approximate surface area is 493 Å². The molecule has 0 spiro atoms. The first kappa shape index (κ1) is 59.4. The minimum absolute atomic E-state index is 0.00604. The number of carbonyl (C=O) groups excluding carboxylic acids is 2. The molecule has 0 saturated carbocycles. The summed E-state index contributed by atoms with van der Waals surface area (Å²) in [6.07, 6.45) is 23.4. The van der Waals surface area contributed by atoms with Crippen LogP contribution >= 0.6 is 11.6 Å². The van der Waals surface area contributed by atoms with Crippen LogP contribution in [0.3, 0.4) is 0 Å². The standard InChI is InChI=1S/C31H41N7O3.C23H29ClN4O2.C8H13N3O/c1-31(2,3)41-25-19-37(20-25)30(39)36-28-7-5-4-6-21-16-22(8-9-26(21)28)27-10-13-32-29(35-27)34-23-17-33-38(18-23)24-11-14-40-15-12-24;1-23(2,3)30-17-13-28(14-17)22(29)27-20-7-5-4-6-15-12-16(8-9-18(15)20)19-10-11-25-21(24)26-19;9-7-5-10-11(6-7)8-1-3-12-4-2-8/h8-10,13,16-18,24-25,28H,4-7,11-12,14-15,19-20H2,1-3H3,(H,36,39)(H,32,34,35);8-12,17,20H,4-7,13-14H2,1-3H3,(H,27,29);5-6,8H,1-4,9H2. The number of ether oxygens (including phenoxy) is 4. The number of fused-ring (bicyclic) bond motifs is 2. The zero-order chi connectivity index (χ0) is 58.1. The molecule has 5 N–H and O–H groups in total. The maximum atomic E-state index is 13.0. The fraction of sp³-hybridized carbons (Fsp3) is 0.548. The van der Waals surface area contributed by atoms with Gasteiger partial charge in [-0.15, -0.1) is 0 Å². The number of halogens is 1. The molecule has 8 heterocycles. The van der Waals surface area contributed by atoms with Crippen LogP contribution in [0.4, 0.5) is 26.9 Å². The van der Waals surface area contributed by atoms with E-state index in [0.717, 1.165) is 137 Å². The average molecular weight is 1160 g/mol. The summed E-state index contributed by atoms with van der Waals surface area (Å²) in [5, 5.41) is 18.8. The molecule has 2 unspecified atom stereocenters. The van der Waals surface area contributed by atoms with Gasteiger partial charge in [0.05, 0.1) is 109 Å². The van der Waals surface area contributed by atoms with Crippen molar-refractivity contribution in [2.24, 2.45) is 0 Å². The van der Waals surface area contributed by atoms with Crippen molar-refractivity contribution >= 4 is 41.0 Å². The van der Waals surface area contributed by atoms with Gasteiger partial charge in [0.15, 0.2) is 0 Å². The Balaban J connectivity index is 0.000000159. The number of rotatable bonds is 10. The Morgan fingerprint density at radius 1 is 0.614 bits per heavy atom. The highest BCUT2D eigenvalue weighted by Crippen LogP contribution is 2.35. The highest BCUT2D eigenvalue weighted by atomic mass is 35.5. The van der Waals surface area contributed by atoms with Crippen molar-refractivity contribution < 1.29 is 28.5 Å². The zero-order valence-corrected chi connectivity index (χ0v) is 49.8. The van der Waals surface area contributed by atoms with Crippen molar-refractivity contribution in [2.75, 3.05) is 63.7 Å². The number of nitrogens with two attached hydrogens (primary N) is 1. The van der Waals surface area contributed by atoms with Crippen molar-refractivity contribution in [3.8, 4) is 22.5 Å². The number of nitrogens with zero attached hydrogens (tertiary/aromatic N) is 10. The van der Waals surface area contributed by atoms with E-state index in [0.29, 0.717) is 44.2 Å². The first-order chi connectivity index (χ1) is 39.9. The van der Waals surface area contributed by atoms with Crippen LogP contribution in [0.15, 0.2) is 85.7 Å². The van der Waals surface area contributed by atoms with E-state index in [4.69, 9.17) is 41.3 Å². The molecule has 2 atom stereocenters. The predicted octanol–water partition coefficient (Wildman–Crippen LogP) is 11.0. The van der Waals surface area contributed by atoms with Gasteiger partial charge in [0.2, 0.25) is 11.2 Å². The molecule has 0 radical (unpaired) electrons. The van der Waals surface area contributed by atoms with Crippen LogP contribution in [-0.4, -0.2) is 137 Å². The molecule has 2 aliphatic carbocycles. The lowest BCUT2D eigenvalue weighted by molar-refractivity contribution is -0.111. The van der Waals surface area contributed by atoms with Crippen LogP contribution in [-0.2, 0) is 31.8 Å². The molecule has 21 heteroatoms. The second-order valence-corrected chi connectivity index (χ2v) is 24.9. The number of nitrogen functional groups attached to an aromatic ring is 1. The Kier molecular flexibility index (Phi) is 19.3. The second-order valence-electron chi connectivity index (χ2n) is 24.6. The molecule has 4 amide bonds. The predicted molar refractivity (Wildman–Crippen MR) is 320 cm³/mol. The van der Waals surface area contributed by atoms with Gasteiger partial charge in [0.25, 0.3) is 0 Å². The first-order valence-electron chi connectivity index (χ1n) is 29.8. The molecule has 4 aromatic heterocycles. The topological polar surface area (TPSA) is 227 Å². The maximum Gasteiger partial charge on any atom is 0.318 e. The Bertz CT molecular complexity index is 3120. The first-order valence-corrected chi connectivity index (χ1v) is 30.1. The highest BCUT2D eigenvalue weighted by Gasteiger charge is 2.37. The van der Waals surface area contributed by atoms with E-state index in [-0.39, 0.29) is 52.8 Å². The fourth-order valence-electron chi connectivity index (χ4n) is 11.7. The molecule has 0 bridgehead atoms. The van der Waals surface area contributed by atoms with E-state index in [9.17, 15) is 9.59 Å². The Morgan fingerprint density at radius 3 is 1.58 bits per heavy atom. The van der Waals surface area contributed by atoms with Gasteiger partial charge in [0, 0.05) is 62.3 Å². The molecule has 4 saturated heterocycles. The minimum atomic E-state index is -0.195. The summed E-state index contributed by atoms with van der Waals surface area (Å²) in [6, 6.07) is 17.5. The molecule has 20 nitrogen and oxygen atoms in total. The van der Waals surface area contributed by atoms with Crippen molar-refractivity contribution in [1.82, 2.24) is 59.9 Å².